The molecule has 1 fully saturated rings. The maximum Gasteiger partial charge on any atom is 0.246 e. The molecule has 80 valence electrons. The van der Waals surface area contributed by atoms with Gasteiger partial charge in [-0.25, -0.2) is 0 Å². The lowest BCUT2D eigenvalue weighted by molar-refractivity contribution is -0.118. The van der Waals surface area contributed by atoms with Gasteiger partial charge in [0.25, 0.3) is 0 Å². The van der Waals surface area contributed by atoms with Gasteiger partial charge in [-0.05, 0) is 46.8 Å². The minimum absolute atomic E-state index is 0.0852. The zero-order valence-electron chi connectivity index (χ0n) is 9.34. The second-order valence-electron chi connectivity index (χ2n) is 4.02. The first kappa shape index (κ1) is 11.2. The molecule has 0 aromatic heterocycles. The fourth-order valence-corrected chi connectivity index (χ4v) is 1.58. The molecule has 1 aliphatic heterocycles. The summed E-state index contributed by atoms with van der Waals surface area (Å²) in [6, 6.07) is 0.369. The van der Waals surface area contributed by atoms with Crippen molar-refractivity contribution < 1.29 is 4.79 Å². The third-order valence-corrected chi connectivity index (χ3v) is 2.84. The molecule has 0 aromatic rings. The molecule has 1 amide bonds. The number of carbonyl (C=O) groups is 1. The van der Waals surface area contributed by atoms with E-state index in [1.807, 2.05) is 19.9 Å². The molecule has 0 aliphatic carbocycles. The lowest BCUT2D eigenvalue weighted by Crippen LogP contribution is -2.43. The molecule has 1 heterocycles. The number of allylic oxidation sites excluding steroid dienone is 1. The van der Waals surface area contributed by atoms with Crippen LogP contribution in [0.1, 0.15) is 26.7 Å². The summed E-state index contributed by atoms with van der Waals surface area (Å²) in [6.07, 6.45) is 3.99. The zero-order valence-corrected chi connectivity index (χ0v) is 9.34. The molecule has 0 unspecified atom stereocenters. The molecular weight excluding hydrogens is 176 g/mol. The van der Waals surface area contributed by atoms with Crippen LogP contribution in [0.5, 0.6) is 0 Å². The van der Waals surface area contributed by atoms with Crippen LogP contribution < -0.4 is 5.32 Å². The first-order valence-corrected chi connectivity index (χ1v) is 5.25. The molecule has 0 aromatic carbocycles. The van der Waals surface area contributed by atoms with Crippen LogP contribution in [0.25, 0.3) is 0 Å². The summed E-state index contributed by atoms with van der Waals surface area (Å²) in [5.41, 5.74) is 0.809. The molecule has 0 bridgehead atoms. The Morgan fingerprint density at radius 1 is 1.43 bits per heavy atom. The number of nitrogens with zero attached hydrogens (tertiary/aromatic N) is 1. The average Bonchev–Trinajstić information content (AvgIpc) is 2.20. The van der Waals surface area contributed by atoms with Crippen molar-refractivity contribution in [3.63, 3.8) is 0 Å². The van der Waals surface area contributed by atoms with Gasteiger partial charge in [-0.3, -0.25) is 4.79 Å². The number of likely N-dealkylation sites (tertiary alicyclic amines) is 1. The maximum atomic E-state index is 11.5. The van der Waals surface area contributed by atoms with E-state index in [0.717, 1.165) is 31.5 Å². The maximum absolute atomic E-state index is 11.5. The van der Waals surface area contributed by atoms with Gasteiger partial charge in [0.05, 0.1) is 0 Å². The Kier molecular flexibility index (Phi) is 4.14. The molecular formula is C11H20N2O. The second-order valence-corrected chi connectivity index (χ2v) is 4.02. The Bertz CT molecular complexity index is 227. The number of hydrogen-bond donors (Lipinski definition) is 1. The molecule has 0 atom stereocenters. The Morgan fingerprint density at radius 3 is 2.50 bits per heavy atom. The smallest absolute Gasteiger partial charge is 0.246 e. The van der Waals surface area contributed by atoms with Crippen molar-refractivity contribution in [3.8, 4) is 0 Å². The summed E-state index contributed by atoms with van der Waals surface area (Å²) >= 11 is 0. The normalized spacial score (nSPS) is 20.9. The number of piperidine rings is 1. The molecule has 0 spiro atoms. The van der Waals surface area contributed by atoms with E-state index < -0.39 is 0 Å². The fraction of sp³-hybridized carbons (Fsp3) is 0.727. The van der Waals surface area contributed by atoms with Gasteiger partial charge in [0.15, 0.2) is 0 Å². The third-order valence-electron chi connectivity index (χ3n) is 2.84. The van der Waals surface area contributed by atoms with Crippen LogP contribution in [0, 0.1) is 0 Å². The largest absolute Gasteiger partial charge is 0.350 e. The van der Waals surface area contributed by atoms with Crippen LogP contribution in [0.4, 0.5) is 0 Å². The van der Waals surface area contributed by atoms with Gasteiger partial charge in [0.2, 0.25) is 5.91 Å². The Morgan fingerprint density at radius 2 is 2.00 bits per heavy atom. The second kappa shape index (κ2) is 5.15. The summed E-state index contributed by atoms with van der Waals surface area (Å²) in [7, 11) is 2.12. The highest BCUT2D eigenvalue weighted by atomic mass is 16.1. The molecule has 1 rings (SSSR count). The van der Waals surface area contributed by atoms with Gasteiger partial charge in [-0.2, -0.15) is 0 Å². The lowest BCUT2D eigenvalue weighted by Gasteiger charge is -2.29. The van der Waals surface area contributed by atoms with Gasteiger partial charge in [0, 0.05) is 11.6 Å². The molecule has 1 saturated heterocycles. The van der Waals surface area contributed by atoms with Crippen molar-refractivity contribution in [1.82, 2.24) is 10.2 Å². The molecule has 0 radical (unpaired) electrons. The Labute approximate surface area is 86.2 Å². The zero-order chi connectivity index (χ0) is 10.6. The summed E-state index contributed by atoms with van der Waals surface area (Å²) in [4.78, 5) is 13.8. The van der Waals surface area contributed by atoms with Gasteiger partial charge in [-0.15, -0.1) is 0 Å². The third kappa shape index (κ3) is 3.14. The van der Waals surface area contributed by atoms with Crippen LogP contribution in [0.3, 0.4) is 0 Å². The van der Waals surface area contributed by atoms with Crippen molar-refractivity contribution in [2.45, 2.75) is 32.7 Å². The quantitative estimate of drug-likeness (QED) is 0.672. The first-order valence-electron chi connectivity index (χ1n) is 5.25. The monoisotopic (exact) mass is 196 g/mol. The van der Waals surface area contributed by atoms with Gasteiger partial charge < -0.3 is 10.2 Å². The Hall–Kier alpha value is -0.830. The van der Waals surface area contributed by atoms with Crippen LogP contribution in [-0.4, -0.2) is 37.0 Å². The number of hydrogen-bond acceptors (Lipinski definition) is 2. The summed E-state index contributed by atoms with van der Waals surface area (Å²) in [6.45, 7) is 5.91. The van der Waals surface area contributed by atoms with E-state index in [2.05, 4.69) is 17.3 Å². The van der Waals surface area contributed by atoms with E-state index in [-0.39, 0.29) is 5.91 Å². The molecule has 14 heavy (non-hydrogen) atoms. The van der Waals surface area contributed by atoms with Gasteiger partial charge >= 0.3 is 0 Å². The van der Waals surface area contributed by atoms with Crippen molar-refractivity contribution in [3.05, 3.63) is 11.6 Å². The van der Waals surface area contributed by atoms with E-state index in [1.165, 1.54) is 0 Å². The average molecular weight is 196 g/mol. The minimum atomic E-state index is 0.0852. The highest BCUT2D eigenvalue weighted by Gasteiger charge is 2.18. The van der Waals surface area contributed by atoms with Crippen molar-refractivity contribution in [1.29, 1.82) is 0 Å². The predicted molar refractivity (Wildman–Crippen MR) is 58.1 cm³/mol. The van der Waals surface area contributed by atoms with Crippen molar-refractivity contribution in [2.24, 2.45) is 0 Å². The van der Waals surface area contributed by atoms with Crippen LogP contribution in [0.2, 0.25) is 0 Å². The van der Waals surface area contributed by atoms with E-state index in [1.54, 1.807) is 0 Å². The van der Waals surface area contributed by atoms with Crippen LogP contribution in [-0.2, 0) is 4.79 Å². The predicted octanol–water partition coefficient (Wildman–Crippen LogP) is 1.16. The molecule has 0 saturated carbocycles. The molecule has 3 nitrogen and oxygen atoms in total. The number of carbonyl (C=O) groups excluding carboxylic acids is 1. The molecule has 1 aliphatic rings. The van der Waals surface area contributed by atoms with E-state index in [9.17, 15) is 4.79 Å². The van der Waals surface area contributed by atoms with E-state index in [0.29, 0.717) is 6.04 Å². The highest BCUT2D eigenvalue weighted by molar-refractivity contribution is 5.92. The lowest BCUT2D eigenvalue weighted by atomic mass is 10.1. The minimum Gasteiger partial charge on any atom is -0.350 e. The van der Waals surface area contributed by atoms with Crippen molar-refractivity contribution in [2.75, 3.05) is 20.1 Å². The summed E-state index contributed by atoms with van der Waals surface area (Å²) in [5, 5.41) is 3.06. The Balaban J connectivity index is 2.35. The van der Waals surface area contributed by atoms with E-state index in [4.69, 9.17) is 0 Å². The number of rotatable bonds is 2. The van der Waals surface area contributed by atoms with Crippen LogP contribution in [0.15, 0.2) is 11.6 Å². The first-order chi connectivity index (χ1) is 6.63. The molecule has 1 N–H and O–H groups in total. The van der Waals surface area contributed by atoms with Crippen LogP contribution >= 0.6 is 0 Å². The highest BCUT2D eigenvalue weighted by Crippen LogP contribution is 2.08. The summed E-state index contributed by atoms with van der Waals surface area (Å²) < 4.78 is 0. The van der Waals surface area contributed by atoms with E-state index >= 15 is 0 Å². The number of nitrogens with one attached hydrogen (secondary N) is 1. The van der Waals surface area contributed by atoms with Gasteiger partial charge in [-0.1, -0.05) is 6.08 Å². The SMILES string of the molecule is CC=C(C)C(=O)NC1CCN(C)CC1. The van der Waals surface area contributed by atoms with Crippen molar-refractivity contribution >= 4 is 5.91 Å². The van der Waals surface area contributed by atoms with Gasteiger partial charge in [0.1, 0.15) is 0 Å². The summed E-state index contributed by atoms with van der Waals surface area (Å²) in [5.74, 6) is 0.0852. The fourth-order valence-electron chi connectivity index (χ4n) is 1.58. The molecule has 3 heteroatoms. The topological polar surface area (TPSA) is 32.3 Å². The standard InChI is InChI=1S/C11H20N2O/c1-4-9(2)11(14)12-10-5-7-13(3)8-6-10/h4,10H,5-8H2,1-3H3,(H,12,14). The number of amides is 1.